The van der Waals surface area contributed by atoms with E-state index in [1.165, 1.54) is 12.1 Å². The number of nitrogens with zero attached hydrogens (tertiary/aromatic N) is 2. The van der Waals surface area contributed by atoms with Gasteiger partial charge in [-0.15, -0.1) is 0 Å². The van der Waals surface area contributed by atoms with Gasteiger partial charge in [0.15, 0.2) is 0 Å². The van der Waals surface area contributed by atoms with Gasteiger partial charge >= 0.3 is 11.3 Å². The van der Waals surface area contributed by atoms with E-state index in [1.807, 2.05) is 6.07 Å². The van der Waals surface area contributed by atoms with Crippen molar-refractivity contribution >= 4 is 9.84 Å². The molecule has 0 amide bonds. The topological polar surface area (TPSA) is 97.5 Å². The van der Waals surface area contributed by atoms with Crippen molar-refractivity contribution in [1.29, 1.82) is 5.26 Å². The number of fused-ring (bicyclic) bond motifs is 1. The summed E-state index contributed by atoms with van der Waals surface area (Å²) in [7, 11) is -5.03. The fraction of sp³-hybridized carbons (Fsp3) is 0.462. The van der Waals surface area contributed by atoms with Crippen molar-refractivity contribution in [3.63, 3.8) is 0 Å². The van der Waals surface area contributed by atoms with Crippen molar-refractivity contribution in [1.82, 2.24) is 0 Å². The Morgan fingerprint density at radius 2 is 1.86 bits per heavy atom. The highest BCUT2D eigenvalue weighted by Gasteiger charge is 2.60. The average molecular weight is 519 g/mol. The van der Waals surface area contributed by atoms with Crippen LogP contribution in [0.5, 0.6) is 11.5 Å². The van der Waals surface area contributed by atoms with E-state index in [9.17, 15) is 21.6 Å². The Morgan fingerprint density at radius 3 is 2.53 bits per heavy atom. The molecule has 36 heavy (non-hydrogen) atoms. The van der Waals surface area contributed by atoms with E-state index < -0.39 is 31.8 Å². The lowest BCUT2D eigenvalue weighted by atomic mass is 9.57. The summed E-state index contributed by atoms with van der Waals surface area (Å²) in [4.78, 5) is 3.78. The SMILES string of the molecule is CCC[C@H]1C(C)C(C)[C@H]1C[N+]#Cc1c(Oc2cc(F)cc(C#N)c2)ccc2c1C(N)C(F)(F)S2(=O)=O. The minimum absolute atomic E-state index is 0.00812. The second kappa shape index (κ2) is 9.42. The number of nitriles is 1. The van der Waals surface area contributed by atoms with E-state index in [0.29, 0.717) is 24.3 Å². The second-order valence-corrected chi connectivity index (χ2v) is 11.6. The number of rotatable bonds is 5. The first-order valence-electron chi connectivity index (χ1n) is 11.8. The van der Waals surface area contributed by atoms with E-state index in [1.54, 1.807) is 0 Å². The molecular weight excluding hydrogens is 491 g/mol. The van der Waals surface area contributed by atoms with Crippen LogP contribution in [0.4, 0.5) is 13.2 Å². The summed E-state index contributed by atoms with van der Waals surface area (Å²) >= 11 is 0. The molecule has 0 bridgehead atoms. The van der Waals surface area contributed by atoms with E-state index in [4.69, 9.17) is 15.7 Å². The zero-order valence-corrected chi connectivity index (χ0v) is 20.9. The number of hydrogen-bond acceptors (Lipinski definition) is 5. The average Bonchev–Trinajstić information content (AvgIpc) is 2.97. The van der Waals surface area contributed by atoms with Gasteiger partial charge in [0.25, 0.3) is 6.54 Å². The quantitative estimate of drug-likeness (QED) is 0.534. The van der Waals surface area contributed by atoms with Gasteiger partial charge in [-0.25, -0.2) is 12.8 Å². The van der Waals surface area contributed by atoms with Crippen LogP contribution in [0.3, 0.4) is 0 Å². The summed E-state index contributed by atoms with van der Waals surface area (Å²) in [6.07, 6.45) is 2.09. The Balaban J connectivity index is 1.78. The number of ether oxygens (including phenoxy) is 1. The first-order chi connectivity index (χ1) is 16.9. The number of benzene rings is 2. The predicted molar refractivity (Wildman–Crippen MR) is 128 cm³/mol. The lowest BCUT2D eigenvalue weighted by molar-refractivity contribution is 0.00733. The molecule has 2 N–H and O–H groups in total. The van der Waals surface area contributed by atoms with Gasteiger partial charge in [0, 0.05) is 17.5 Å². The van der Waals surface area contributed by atoms with Crippen molar-refractivity contribution in [2.24, 2.45) is 29.4 Å². The van der Waals surface area contributed by atoms with Crippen LogP contribution in [0.2, 0.25) is 0 Å². The van der Waals surface area contributed by atoms with E-state index in [0.717, 1.165) is 31.0 Å². The molecule has 1 saturated carbocycles. The standard InChI is InChI=1S/C26H27F3N3O3S/c1-4-5-19-14(2)15(3)20(19)12-32-13-21-22(35-18-9-16(11-30)8-17(27)10-18)6-7-23-24(21)25(31)26(28,29)36(23,33)34/h6-10,14-15,19-20,25H,4-5,12,31H2,1-3H3/q+1/t14?,15?,19-,20+,25?/m0/s1. The third-order valence-corrected chi connectivity index (χ3v) is 9.47. The fourth-order valence-electron chi connectivity index (χ4n) is 5.38. The monoisotopic (exact) mass is 518 g/mol. The van der Waals surface area contributed by atoms with Gasteiger partial charge in [0.2, 0.25) is 9.84 Å². The number of hydrogen-bond donors (Lipinski definition) is 1. The van der Waals surface area contributed by atoms with Crippen LogP contribution in [0, 0.1) is 46.9 Å². The molecule has 2 aromatic carbocycles. The highest BCUT2D eigenvalue weighted by Crippen LogP contribution is 2.51. The van der Waals surface area contributed by atoms with E-state index in [-0.39, 0.29) is 34.1 Å². The maximum absolute atomic E-state index is 14.6. The molecule has 0 spiro atoms. The predicted octanol–water partition coefficient (Wildman–Crippen LogP) is 5.87. The molecular formula is C26H27F3N3O3S+. The first kappa shape index (κ1) is 26.0. The molecule has 1 aliphatic heterocycles. The third-order valence-electron chi connectivity index (χ3n) is 7.56. The van der Waals surface area contributed by atoms with Gasteiger partial charge in [-0.2, -0.15) is 14.0 Å². The third kappa shape index (κ3) is 4.12. The highest BCUT2D eigenvalue weighted by atomic mass is 32.2. The van der Waals surface area contributed by atoms with Crippen LogP contribution in [0.25, 0.3) is 4.85 Å². The van der Waals surface area contributed by atoms with Crippen molar-refractivity contribution < 1.29 is 26.3 Å². The molecule has 2 aliphatic rings. The molecule has 190 valence electrons. The van der Waals surface area contributed by atoms with Gasteiger partial charge in [0.05, 0.1) is 16.5 Å². The Bertz CT molecular complexity index is 1410. The Morgan fingerprint density at radius 1 is 1.17 bits per heavy atom. The summed E-state index contributed by atoms with van der Waals surface area (Å²) < 4.78 is 73.9. The summed E-state index contributed by atoms with van der Waals surface area (Å²) in [6, 6.07) is 7.88. The molecule has 6 nitrogen and oxygen atoms in total. The van der Waals surface area contributed by atoms with Gasteiger partial charge in [-0.3, -0.25) is 0 Å². The highest BCUT2D eigenvalue weighted by molar-refractivity contribution is 7.92. The van der Waals surface area contributed by atoms with Crippen LogP contribution < -0.4 is 10.5 Å². The molecule has 1 fully saturated rings. The molecule has 1 heterocycles. The van der Waals surface area contributed by atoms with Gasteiger partial charge in [-0.1, -0.05) is 32.0 Å². The number of halogens is 3. The Hall–Kier alpha value is -3.08. The molecule has 2 aromatic rings. The zero-order chi connectivity index (χ0) is 26.4. The van der Waals surface area contributed by atoms with Gasteiger partial charge in [-0.05, 0) is 48.4 Å². The second-order valence-electron chi connectivity index (χ2n) is 9.57. The van der Waals surface area contributed by atoms with Crippen molar-refractivity contribution in [3.05, 3.63) is 57.7 Å². The van der Waals surface area contributed by atoms with Crippen molar-refractivity contribution in [2.45, 2.75) is 49.8 Å². The Kier molecular flexibility index (Phi) is 6.80. The summed E-state index contributed by atoms with van der Waals surface area (Å²) in [5.41, 5.74) is 5.25. The number of nitrogens with two attached hydrogens (primary N) is 1. The Labute approximate surface area is 208 Å². The lowest BCUT2D eigenvalue weighted by Gasteiger charge is -2.46. The van der Waals surface area contributed by atoms with Crippen LogP contribution in [0.1, 0.15) is 56.3 Å². The molecule has 10 heteroatoms. The minimum Gasteiger partial charge on any atom is -0.456 e. The van der Waals surface area contributed by atoms with E-state index >= 15 is 0 Å². The zero-order valence-electron chi connectivity index (χ0n) is 20.1. The molecule has 5 atom stereocenters. The number of alkyl halides is 2. The maximum atomic E-state index is 14.6. The molecule has 0 saturated heterocycles. The first-order valence-corrected chi connectivity index (χ1v) is 13.3. The normalized spacial score (nSPS) is 27.2. The van der Waals surface area contributed by atoms with Crippen molar-refractivity contribution in [2.75, 3.05) is 6.54 Å². The lowest BCUT2D eigenvalue weighted by Crippen LogP contribution is -2.45. The number of sulfone groups is 1. The fourth-order valence-corrected chi connectivity index (χ4v) is 6.89. The summed E-state index contributed by atoms with van der Waals surface area (Å²) in [5.74, 6) is 0.865. The largest absolute Gasteiger partial charge is 0.456 e. The van der Waals surface area contributed by atoms with Crippen LogP contribution in [-0.4, -0.2) is 20.2 Å². The molecule has 0 radical (unpaired) electrons. The maximum Gasteiger partial charge on any atom is 0.368 e. The van der Waals surface area contributed by atoms with Gasteiger partial charge in [0.1, 0.15) is 28.9 Å². The van der Waals surface area contributed by atoms with Crippen molar-refractivity contribution in [3.8, 4) is 23.6 Å². The minimum atomic E-state index is -5.03. The molecule has 1 aliphatic carbocycles. The van der Waals surface area contributed by atoms with E-state index in [2.05, 4.69) is 31.7 Å². The summed E-state index contributed by atoms with van der Waals surface area (Å²) in [6.45, 7) is 6.85. The van der Waals surface area contributed by atoms with Crippen LogP contribution >= 0.6 is 0 Å². The van der Waals surface area contributed by atoms with Crippen LogP contribution in [-0.2, 0) is 9.84 Å². The molecule has 3 unspecified atom stereocenters. The van der Waals surface area contributed by atoms with Gasteiger partial charge < -0.3 is 10.5 Å². The smallest absolute Gasteiger partial charge is 0.368 e. The summed E-state index contributed by atoms with van der Waals surface area (Å²) in [5, 5.41) is 4.89. The van der Waals surface area contributed by atoms with Crippen LogP contribution in [0.15, 0.2) is 35.2 Å². The molecule has 4 rings (SSSR count). The molecule has 0 aromatic heterocycles.